The van der Waals surface area contributed by atoms with Crippen LogP contribution < -0.4 is 21.3 Å². The molecule has 4 N–H and O–H groups in total. The van der Waals surface area contributed by atoms with E-state index in [1.54, 1.807) is 6.20 Å². The molecule has 11 nitrogen and oxygen atoms in total. The zero-order valence-electron chi connectivity index (χ0n) is 29.2. The van der Waals surface area contributed by atoms with Crippen molar-refractivity contribution in [2.24, 2.45) is 5.41 Å². The summed E-state index contributed by atoms with van der Waals surface area (Å²) in [6.07, 6.45) is 17.3. The Morgan fingerprint density at radius 1 is 1.17 bits per heavy atom. The first-order chi connectivity index (χ1) is 22.2. The molecule has 2 unspecified atom stereocenters. The number of carbonyl (C=O) groups excluding carboxylic acids is 5. The Labute approximate surface area is 281 Å². The van der Waals surface area contributed by atoms with E-state index in [4.69, 9.17) is 6.42 Å². The van der Waals surface area contributed by atoms with Crippen LogP contribution >= 0.6 is 0 Å². The number of terminal acetylenes is 1. The lowest BCUT2D eigenvalue weighted by Gasteiger charge is -2.40. The van der Waals surface area contributed by atoms with Crippen LogP contribution in [-0.2, 0) is 25.6 Å². The SMILES string of the molecule is C#CCC.C=CCNC(=O)C(=O)C(C)NC=O.C[C@@H]1CCCN1C(=O)C(NC(=O)NC1(Cc2ccccn2)CCCCC1)C(C)(C)C. The van der Waals surface area contributed by atoms with E-state index >= 15 is 0 Å². The van der Waals surface area contributed by atoms with Gasteiger partial charge in [0.25, 0.3) is 5.91 Å². The molecule has 2 aliphatic rings. The lowest BCUT2D eigenvalue weighted by atomic mass is 9.78. The van der Waals surface area contributed by atoms with E-state index in [9.17, 15) is 24.0 Å². The molecule has 2 fully saturated rings. The van der Waals surface area contributed by atoms with Crippen molar-refractivity contribution in [2.45, 2.75) is 123 Å². The summed E-state index contributed by atoms with van der Waals surface area (Å²) in [4.78, 5) is 64.8. The van der Waals surface area contributed by atoms with Gasteiger partial charge >= 0.3 is 6.03 Å². The molecule has 0 bridgehead atoms. The molecule has 47 heavy (non-hydrogen) atoms. The Morgan fingerprint density at radius 3 is 2.32 bits per heavy atom. The minimum absolute atomic E-state index is 0.0325. The van der Waals surface area contributed by atoms with Gasteiger partial charge < -0.3 is 26.2 Å². The van der Waals surface area contributed by atoms with Crippen LogP contribution in [0.5, 0.6) is 0 Å². The second-order valence-electron chi connectivity index (χ2n) is 13.2. The minimum Gasteiger partial charge on any atom is -0.349 e. The zero-order valence-corrected chi connectivity index (χ0v) is 29.2. The topological polar surface area (TPSA) is 150 Å². The molecular formula is C36H56N6O5. The summed E-state index contributed by atoms with van der Waals surface area (Å²) in [6.45, 7) is 15.9. The first kappa shape index (κ1) is 40.8. The largest absolute Gasteiger partial charge is 0.349 e. The summed E-state index contributed by atoms with van der Waals surface area (Å²) in [5.41, 5.74) is 0.328. The third kappa shape index (κ3) is 14.4. The van der Waals surface area contributed by atoms with Crippen LogP contribution in [0, 0.1) is 17.8 Å². The number of Topliss-reactive ketones (excluding diaryl/α,β-unsaturated/α-hetero) is 1. The number of amides is 5. The Morgan fingerprint density at radius 2 is 1.83 bits per heavy atom. The van der Waals surface area contributed by atoms with Gasteiger partial charge in [0.1, 0.15) is 6.04 Å². The molecule has 1 saturated heterocycles. The molecule has 1 saturated carbocycles. The number of nitrogens with zero attached hydrogens (tertiary/aromatic N) is 2. The van der Waals surface area contributed by atoms with Crippen molar-refractivity contribution in [1.82, 2.24) is 31.2 Å². The highest BCUT2D eigenvalue weighted by atomic mass is 16.2. The summed E-state index contributed by atoms with van der Waals surface area (Å²) in [5.74, 6) is 1.07. The predicted octanol–water partition coefficient (Wildman–Crippen LogP) is 4.07. The molecule has 1 aromatic rings. The van der Waals surface area contributed by atoms with E-state index in [-0.39, 0.29) is 35.5 Å². The second-order valence-corrected chi connectivity index (χ2v) is 13.2. The van der Waals surface area contributed by atoms with Crippen LogP contribution in [0.3, 0.4) is 0 Å². The van der Waals surface area contributed by atoms with Crippen molar-refractivity contribution in [1.29, 1.82) is 0 Å². The van der Waals surface area contributed by atoms with E-state index in [0.717, 1.165) is 63.6 Å². The smallest absolute Gasteiger partial charge is 0.315 e. The van der Waals surface area contributed by atoms with Gasteiger partial charge in [0.15, 0.2) is 0 Å². The lowest BCUT2D eigenvalue weighted by molar-refractivity contribution is -0.139. The summed E-state index contributed by atoms with van der Waals surface area (Å²) in [6, 6.07) is 4.58. The number of rotatable bonds is 11. The van der Waals surface area contributed by atoms with Gasteiger partial charge in [0.05, 0.1) is 6.04 Å². The molecule has 0 aromatic carbocycles. The van der Waals surface area contributed by atoms with Crippen molar-refractivity contribution in [2.75, 3.05) is 13.1 Å². The van der Waals surface area contributed by atoms with Gasteiger partial charge in [-0.05, 0) is 57.1 Å². The molecule has 1 aromatic heterocycles. The molecule has 5 amide bonds. The van der Waals surface area contributed by atoms with Gasteiger partial charge in [-0.25, -0.2) is 4.79 Å². The van der Waals surface area contributed by atoms with Crippen LogP contribution in [0.2, 0.25) is 0 Å². The van der Waals surface area contributed by atoms with Crippen LogP contribution in [0.15, 0.2) is 37.1 Å². The number of urea groups is 1. The molecule has 0 radical (unpaired) electrons. The molecule has 0 spiro atoms. The number of hydrogen-bond acceptors (Lipinski definition) is 6. The average Bonchev–Trinajstić information content (AvgIpc) is 3.48. The number of nitrogens with one attached hydrogen (secondary N) is 4. The number of ketones is 1. The Bertz CT molecular complexity index is 1200. The third-order valence-corrected chi connectivity index (χ3v) is 8.21. The standard InChI is InChI=1S/C24H38N4O2.C8H12N2O3.C4H6/c1-18-11-10-16-28(18)21(29)20(23(2,3)4)26-22(30)27-24(13-7-5-8-14-24)17-19-12-6-9-15-25-19;1-3-4-9-8(13)7(12)6(2)10-5-11;1-3-4-2/h6,9,12,15,18,20H,5,7-8,10-11,13-14,16-17H2,1-4H3,(H2,26,27,30);3,5-6H,1,4H2,2H3,(H,9,13)(H,10,11);1H,4H2,2H3/t18-,20?;;/m1../s1. The van der Waals surface area contributed by atoms with Crippen molar-refractivity contribution in [3.8, 4) is 12.3 Å². The van der Waals surface area contributed by atoms with Crippen molar-refractivity contribution < 1.29 is 24.0 Å². The van der Waals surface area contributed by atoms with E-state index in [2.05, 4.69) is 45.7 Å². The fraction of sp³-hybridized carbons (Fsp3) is 0.611. The van der Waals surface area contributed by atoms with E-state index < -0.39 is 23.8 Å². The van der Waals surface area contributed by atoms with Gasteiger partial charge in [-0.2, -0.15) is 0 Å². The van der Waals surface area contributed by atoms with Crippen LogP contribution in [0.4, 0.5) is 4.79 Å². The second kappa shape index (κ2) is 20.8. The summed E-state index contributed by atoms with van der Waals surface area (Å²) in [7, 11) is 0. The fourth-order valence-electron chi connectivity index (χ4n) is 5.53. The number of hydrogen-bond donors (Lipinski definition) is 4. The molecule has 1 aliphatic heterocycles. The highest BCUT2D eigenvalue weighted by molar-refractivity contribution is 6.38. The predicted molar refractivity (Wildman–Crippen MR) is 185 cm³/mol. The number of pyridine rings is 1. The molecule has 260 valence electrons. The molecule has 2 heterocycles. The highest BCUT2D eigenvalue weighted by Gasteiger charge is 2.40. The quantitative estimate of drug-likeness (QED) is 0.123. The van der Waals surface area contributed by atoms with Gasteiger partial charge in [-0.1, -0.05) is 59.1 Å². The third-order valence-electron chi connectivity index (χ3n) is 8.21. The van der Waals surface area contributed by atoms with Crippen LogP contribution in [-0.4, -0.2) is 76.7 Å². The maximum Gasteiger partial charge on any atom is 0.315 e. The summed E-state index contributed by atoms with van der Waals surface area (Å²) < 4.78 is 0. The average molecular weight is 653 g/mol. The fourth-order valence-corrected chi connectivity index (χ4v) is 5.53. The van der Waals surface area contributed by atoms with Crippen molar-refractivity contribution in [3.05, 3.63) is 42.7 Å². The maximum absolute atomic E-state index is 13.3. The van der Waals surface area contributed by atoms with Gasteiger partial charge in [-0.15, -0.1) is 18.9 Å². The minimum atomic E-state index is -0.790. The molecule has 1 aliphatic carbocycles. The molecular weight excluding hydrogens is 596 g/mol. The Hall–Kier alpha value is -4.20. The highest BCUT2D eigenvalue weighted by Crippen LogP contribution is 2.31. The van der Waals surface area contributed by atoms with Crippen LogP contribution in [0.25, 0.3) is 0 Å². The van der Waals surface area contributed by atoms with E-state index in [0.29, 0.717) is 6.41 Å². The maximum atomic E-state index is 13.3. The summed E-state index contributed by atoms with van der Waals surface area (Å²) in [5, 5.41) is 10.8. The zero-order chi connectivity index (χ0) is 35.5. The molecule has 11 heteroatoms. The Kier molecular flexibility index (Phi) is 18.1. The molecule has 3 atom stereocenters. The van der Waals surface area contributed by atoms with Crippen molar-refractivity contribution in [3.63, 3.8) is 0 Å². The van der Waals surface area contributed by atoms with E-state index in [1.165, 1.54) is 19.4 Å². The normalized spacial score (nSPS) is 17.8. The number of aromatic nitrogens is 1. The first-order valence-corrected chi connectivity index (χ1v) is 16.6. The van der Waals surface area contributed by atoms with Crippen LogP contribution in [0.1, 0.15) is 98.6 Å². The van der Waals surface area contributed by atoms with Crippen molar-refractivity contribution >= 4 is 30.0 Å². The lowest BCUT2D eigenvalue weighted by Crippen LogP contribution is -2.61. The summed E-state index contributed by atoms with van der Waals surface area (Å²) >= 11 is 0. The molecule has 3 rings (SSSR count). The van der Waals surface area contributed by atoms with Gasteiger partial charge in [0.2, 0.25) is 18.1 Å². The Balaban J connectivity index is 0.000000542. The monoisotopic (exact) mass is 652 g/mol. The first-order valence-electron chi connectivity index (χ1n) is 16.6. The number of likely N-dealkylation sites (tertiary alicyclic amines) is 1. The van der Waals surface area contributed by atoms with E-state index in [1.807, 2.05) is 50.8 Å². The number of carbonyl (C=O) groups is 5. The van der Waals surface area contributed by atoms with Gasteiger partial charge in [-0.3, -0.25) is 24.2 Å². The van der Waals surface area contributed by atoms with Gasteiger partial charge in [0, 0.05) is 49.4 Å².